The Morgan fingerprint density at radius 1 is 0.534 bits per heavy atom. The van der Waals surface area contributed by atoms with Gasteiger partial charge in [-0.3, -0.25) is 13.8 Å². The van der Waals surface area contributed by atoms with Crippen LogP contribution in [0.15, 0.2) is 60.8 Å². The quantitative estimate of drug-likeness (QED) is 0.0269. The van der Waals surface area contributed by atoms with E-state index in [-0.39, 0.29) is 32.3 Å². The molecule has 0 aromatic rings. The second kappa shape index (κ2) is 46.3. The van der Waals surface area contributed by atoms with E-state index in [0.717, 1.165) is 51.4 Å². The van der Waals surface area contributed by atoms with Gasteiger partial charge in [0.05, 0.1) is 26.4 Å². The molecule has 3 N–H and O–H groups in total. The van der Waals surface area contributed by atoms with Crippen molar-refractivity contribution < 1.29 is 32.8 Å². The van der Waals surface area contributed by atoms with E-state index in [1.54, 1.807) is 0 Å². The lowest BCUT2D eigenvalue weighted by molar-refractivity contribution is -0.154. The number of esters is 1. The molecular formula is C49H90NO7P. The van der Waals surface area contributed by atoms with Crippen LogP contribution in [0.1, 0.15) is 206 Å². The van der Waals surface area contributed by atoms with Crippen molar-refractivity contribution >= 4 is 13.8 Å². The molecule has 0 fully saturated rings. The van der Waals surface area contributed by atoms with Gasteiger partial charge in [0.2, 0.25) is 0 Å². The zero-order valence-electron chi connectivity index (χ0n) is 37.5. The van der Waals surface area contributed by atoms with Crippen LogP contribution in [0, 0.1) is 0 Å². The fourth-order valence-electron chi connectivity index (χ4n) is 6.53. The second-order valence-electron chi connectivity index (χ2n) is 15.6. The molecule has 338 valence electrons. The normalized spacial score (nSPS) is 13.9. The summed E-state index contributed by atoms with van der Waals surface area (Å²) in [6.45, 7) is 4.60. The van der Waals surface area contributed by atoms with E-state index in [0.29, 0.717) is 19.4 Å². The van der Waals surface area contributed by atoms with Crippen molar-refractivity contribution in [1.29, 1.82) is 0 Å². The molecular weight excluding hydrogens is 746 g/mol. The van der Waals surface area contributed by atoms with Crippen LogP contribution in [0.4, 0.5) is 0 Å². The van der Waals surface area contributed by atoms with Gasteiger partial charge in [0, 0.05) is 13.0 Å². The summed E-state index contributed by atoms with van der Waals surface area (Å²) >= 11 is 0. The molecule has 9 heteroatoms. The van der Waals surface area contributed by atoms with Crippen molar-refractivity contribution in [1.82, 2.24) is 0 Å². The molecule has 2 atom stereocenters. The van der Waals surface area contributed by atoms with Gasteiger partial charge in [0.15, 0.2) is 0 Å². The van der Waals surface area contributed by atoms with Crippen molar-refractivity contribution in [2.24, 2.45) is 5.73 Å². The van der Waals surface area contributed by atoms with Gasteiger partial charge in [-0.25, -0.2) is 4.57 Å². The molecule has 0 aromatic heterocycles. The third kappa shape index (κ3) is 45.3. The maximum atomic E-state index is 12.6. The molecule has 0 aliphatic heterocycles. The van der Waals surface area contributed by atoms with Crippen molar-refractivity contribution in [2.45, 2.75) is 213 Å². The summed E-state index contributed by atoms with van der Waals surface area (Å²) in [6.07, 6.45) is 57.1. The highest BCUT2D eigenvalue weighted by molar-refractivity contribution is 7.47. The number of phosphoric acid groups is 1. The monoisotopic (exact) mass is 836 g/mol. The molecule has 0 aliphatic carbocycles. The molecule has 0 amide bonds. The Kier molecular flexibility index (Phi) is 44.8. The van der Waals surface area contributed by atoms with Gasteiger partial charge in [-0.05, 0) is 44.9 Å². The number of rotatable bonds is 45. The summed E-state index contributed by atoms with van der Waals surface area (Å²) in [5.74, 6) is -0.353. The molecule has 0 saturated carbocycles. The number of carbonyl (C=O) groups excluding carboxylic acids is 1. The van der Waals surface area contributed by atoms with E-state index < -0.39 is 13.9 Å². The predicted octanol–water partition coefficient (Wildman–Crippen LogP) is 14.5. The molecule has 0 aliphatic rings. The van der Waals surface area contributed by atoms with Crippen molar-refractivity contribution in [2.75, 3.05) is 33.0 Å². The van der Waals surface area contributed by atoms with E-state index >= 15 is 0 Å². The summed E-state index contributed by atoms with van der Waals surface area (Å²) in [5.41, 5.74) is 5.37. The maximum Gasteiger partial charge on any atom is 0.472 e. The zero-order valence-corrected chi connectivity index (χ0v) is 38.4. The second-order valence-corrected chi connectivity index (χ2v) is 17.1. The third-order valence-corrected chi connectivity index (χ3v) is 11.0. The lowest BCUT2D eigenvalue weighted by Gasteiger charge is -2.19. The molecule has 0 bridgehead atoms. The lowest BCUT2D eigenvalue weighted by Crippen LogP contribution is -2.28. The van der Waals surface area contributed by atoms with Crippen LogP contribution in [-0.2, 0) is 27.9 Å². The molecule has 0 radical (unpaired) electrons. The number of carbonyl (C=O) groups is 1. The van der Waals surface area contributed by atoms with Crippen LogP contribution in [0.5, 0.6) is 0 Å². The molecule has 0 spiro atoms. The van der Waals surface area contributed by atoms with E-state index in [4.69, 9.17) is 24.3 Å². The number of hydrogen-bond acceptors (Lipinski definition) is 7. The summed E-state index contributed by atoms with van der Waals surface area (Å²) in [4.78, 5) is 22.5. The van der Waals surface area contributed by atoms with E-state index in [9.17, 15) is 14.3 Å². The Bertz CT molecular complexity index is 1070. The number of hydrogen-bond donors (Lipinski definition) is 2. The zero-order chi connectivity index (χ0) is 42.3. The highest BCUT2D eigenvalue weighted by Crippen LogP contribution is 2.43. The average molecular weight is 836 g/mol. The summed E-state index contributed by atoms with van der Waals surface area (Å²) in [5, 5.41) is 0. The SMILES string of the molecule is CC/C=C\C/C=C\C/C=C\C/C=C\C/C=C\CCOCC(COP(=O)(O)OCCN)OC(=O)CCCCCCCCCCCCCCCCCCCCCCCCC. The maximum absolute atomic E-state index is 12.6. The molecule has 2 unspecified atom stereocenters. The van der Waals surface area contributed by atoms with Gasteiger partial charge in [-0.2, -0.15) is 0 Å². The Hall–Kier alpha value is -1.80. The first-order chi connectivity index (χ1) is 28.4. The fourth-order valence-corrected chi connectivity index (χ4v) is 7.30. The first kappa shape index (κ1) is 56.2. The van der Waals surface area contributed by atoms with Gasteiger partial charge in [0.25, 0.3) is 0 Å². The minimum atomic E-state index is -4.30. The average Bonchev–Trinajstić information content (AvgIpc) is 3.21. The molecule has 0 rings (SSSR count). The third-order valence-electron chi connectivity index (χ3n) is 9.97. The fraction of sp³-hybridized carbons (Fsp3) is 0.776. The van der Waals surface area contributed by atoms with Crippen LogP contribution in [0.2, 0.25) is 0 Å². The number of allylic oxidation sites excluding steroid dienone is 9. The summed E-state index contributed by atoms with van der Waals surface area (Å²) < 4.78 is 33.4. The number of nitrogens with two attached hydrogens (primary N) is 1. The predicted molar refractivity (Wildman–Crippen MR) is 247 cm³/mol. The first-order valence-electron chi connectivity index (χ1n) is 23.8. The van der Waals surface area contributed by atoms with Gasteiger partial charge >= 0.3 is 13.8 Å². The first-order valence-corrected chi connectivity index (χ1v) is 25.3. The number of unbranched alkanes of at least 4 members (excludes halogenated alkanes) is 22. The van der Waals surface area contributed by atoms with Crippen molar-refractivity contribution in [3.05, 3.63) is 60.8 Å². The van der Waals surface area contributed by atoms with Crippen LogP contribution in [-0.4, -0.2) is 49.9 Å². The molecule has 0 saturated heterocycles. The van der Waals surface area contributed by atoms with E-state index in [1.165, 1.54) is 128 Å². The van der Waals surface area contributed by atoms with E-state index in [1.807, 2.05) is 0 Å². The molecule has 8 nitrogen and oxygen atoms in total. The van der Waals surface area contributed by atoms with Crippen molar-refractivity contribution in [3.63, 3.8) is 0 Å². The minimum Gasteiger partial charge on any atom is -0.457 e. The number of phosphoric ester groups is 1. The smallest absolute Gasteiger partial charge is 0.457 e. The highest BCUT2D eigenvalue weighted by atomic mass is 31.2. The standard InChI is InChI=1S/C49H90NO7P/c1-3-5-7-9-11-13-15-17-19-21-22-23-24-25-26-27-28-30-32-34-36-38-40-42-49(51)57-48(47-56-58(52,53)55-45-43-50)46-54-44-41-39-37-35-33-31-29-20-18-16-14-12-10-8-6-4-2/h6,8,12,14,18,20,31,33,37,39,48H,3-5,7,9-11,13,15-17,19,21-30,32,34-36,38,40-47,50H2,1-2H3,(H,52,53)/b8-6-,14-12-,20-18-,33-31-,39-37-. The van der Waals surface area contributed by atoms with E-state index in [2.05, 4.69) is 74.6 Å². The lowest BCUT2D eigenvalue weighted by atomic mass is 10.0. The van der Waals surface area contributed by atoms with Crippen LogP contribution < -0.4 is 5.73 Å². The van der Waals surface area contributed by atoms with Gasteiger partial charge in [-0.15, -0.1) is 0 Å². The van der Waals surface area contributed by atoms with Gasteiger partial charge in [-0.1, -0.05) is 216 Å². The van der Waals surface area contributed by atoms with Gasteiger partial charge in [0.1, 0.15) is 6.10 Å². The highest BCUT2D eigenvalue weighted by Gasteiger charge is 2.25. The van der Waals surface area contributed by atoms with Crippen molar-refractivity contribution in [3.8, 4) is 0 Å². The molecule has 0 aromatic carbocycles. The van der Waals surface area contributed by atoms with Crippen LogP contribution in [0.25, 0.3) is 0 Å². The van der Waals surface area contributed by atoms with Gasteiger partial charge < -0.3 is 20.1 Å². The molecule has 0 heterocycles. The minimum absolute atomic E-state index is 0.0622. The summed E-state index contributed by atoms with van der Waals surface area (Å²) in [7, 11) is -4.30. The Morgan fingerprint density at radius 3 is 1.34 bits per heavy atom. The Morgan fingerprint density at radius 2 is 0.931 bits per heavy atom. The van der Waals surface area contributed by atoms with Crippen LogP contribution in [0.3, 0.4) is 0 Å². The Labute approximate surface area is 357 Å². The molecule has 58 heavy (non-hydrogen) atoms. The topological polar surface area (TPSA) is 117 Å². The number of ether oxygens (including phenoxy) is 2. The van der Waals surface area contributed by atoms with Crippen LogP contribution >= 0.6 is 7.82 Å². The largest absolute Gasteiger partial charge is 0.472 e. The Balaban J connectivity index is 4.01. The summed E-state index contributed by atoms with van der Waals surface area (Å²) in [6, 6.07) is 0.